The molecule has 0 spiro atoms. The minimum atomic E-state index is -0.283. The molecule has 0 bridgehead atoms. The third-order valence-electron chi connectivity index (χ3n) is 4.00. The van der Waals surface area contributed by atoms with Gasteiger partial charge in [0.1, 0.15) is 5.75 Å². The topological polar surface area (TPSA) is 105 Å². The molecule has 128 valence electrons. The van der Waals surface area contributed by atoms with E-state index in [0.717, 1.165) is 47.1 Å². The van der Waals surface area contributed by atoms with Crippen molar-refractivity contribution in [1.29, 1.82) is 0 Å². The summed E-state index contributed by atoms with van der Waals surface area (Å²) < 4.78 is 9.51. The SMILES string of the molecule is COc1cccc(-c2nsc(NC(=O)c3n[nH]c4c3CNCC4)n2)c1. The highest BCUT2D eigenvalue weighted by Gasteiger charge is 2.22. The molecule has 0 atom stereocenters. The van der Waals surface area contributed by atoms with Gasteiger partial charge in [-0.25, -0.2) is 0 Å². The van der Waals surface area contributed by atoms with E-state index in [2.05, 4.69) is 30.2 Å². The average molecular weight is 356 g/mol. The van der Waals surface area contributed by atoms with E-state index in [9.17, 15) is 4.79 Å². The number of nitrogens with zero attached hydrogens (tertiary/aromatic N) is 3. The van der Waals surface area contributed by atoms with Gasteiger partial charge in [0.25, 0.3) is 5.91 Å². The van der Waals surface area contributed by atoms with Crippen molar-refractivity contribution >= 4 is 22.6 Å². The molecule has 1 aliphatic rings. The van der Waals surface area contributed by atoms with Crippen molar-refractivity contribution in [3.8, 4) is 17.1 Å². The smallest absolute Gasteiger partial charge is 0.278 e. The third-order valence-corrected chi connectivity index (χ3v) is 4.63. The van der Waals surface area contributed by atoms with E-state index in [0.29, 0.717) is 23.2 Å². The highest BCUT2D eigenvalue weighted by atomic mass is 32.1. The molecule has 3 aromatic rings. The molecule has 1 amide bonds. The summed E-state index contributed by atoms with van der Waals surface area (Å²) in [5, 5.41) is 13.5. The first kappa shape index (κ1) is 15.7. The van der Waals surface area contributed by atoms with E-state index in [1.807, 2.05) is 24.3 Å². The van der Waals surface area contributed by atoms with Crippen molar-refractivity contribution in [2.75, 3.05) is 19.0 Å². The molecule has 0 saturated heterocycles. The van der Waals surface area contributed by atoms with Crippen LogP contribution in [0.15, 0.2) is 24.3 Å². The van der Waals surface area contributed by atoms with Gasteiger partial charge in [0.05, 0.1) is 7.11 Å². The monoisotopic (exact) mass is 356 g/mol. The highest BCUT2D eigenvalue weighted by Crippen LogP contribution is 2.25. The predicted octanol–water partition coefficient (Wildman–Crippen LogP) is 1.83. The lowest BCUT2D eigenvalue weighted by Crippen LogP contribution is -2.25. The Hall–Kier alpha value is -2.78. The van der Waals surface area contributed by atoms with Crippen LogP contribution in [0.4, 0.5) is 5.13 Å². The fraction of sp³-hybridized carbons (Fsp3) is 0.250. The van der Waals surface area contributed by atoms with Crippen molar-refractivity contribution in [2.45, 2.75) is 13.0 Å². The normalized spacial score (nSPS) is 13.3. The van der Waals surface area contributed by atoms with Crippen LogP contribution in [0.2, 0.25) is 0 Å². The second kappa shape index (κ2) is 6.61. The van der Waals surface area contributed by atoms with E-state index in [1.165, 1.54) is 0 Å². The van der Waals surface area contributed by atoms with Crippen molar-refractivity contribution < 1.29 is 9.53 Å². The van der Waals surface area contributed by atoms with Gasteiger partial charge in [-0.2, -0.15) is 14.5 Å². The van der Waals surface area contributed by atoms with Crippen LogP contribution in [0.3, 0.4) is 0 Å². The van der Waals surface area contributed by atoms with Gasteiger partial charge in [0.15, 0.2) is 11.5 Å². The number of aromatic amines is 1. The number of rotatable bonds is 4. The number of nitrogens with one attached hydrogen (secondary N) is 3. The summed E-state index contributed by atoms with van der Waals surface area (Å²) >= 11 is 1.13. The minimum Gasteiger partial charge on any atom is -0.497 e. The fourth-order valence-corrected chi connectivity index (χ4v) is 3.31. The van der Waals surface area contributed by atoms with Crippen molar-refractivity contribution in [1.82, 2.24) is 24.9 Å². The predicted molar refractivity (Wildman–Crippen MR) is 93.8 cm³/mol. The van der Waals surface area contributed by atoms with Gasteiger partial charge >= 0.3 is 0 Å². The maximum atomic E-state index is 12.5. The zero-order chi connectivity index (χ0) is 17.2. The molecule has 0 fully saturated rings. The maximum absolute atomic E-state index is 12.5. The summed E-state index contributed by atoms with van der Waals surface area (Å²) in [6, 6.07) is 7.47. The number of ether oxygens (including phenoxy) is 1. The molecule has 0 aliphatic carbocycles. The quantitative estimate of drug-likeness (QED) is 0.659. The molecule has 0 radical (unpaired) electrons. The van der Waals surface area contributed by atoms with Crippen LogP contribution in [0.5, 0.6) is 5.75 Å². The molecule has 0 unspecified atom stereocenters. The number of fused-ring (bicyclic) bond motifs is 1. The lowest BCUT2D eigenvalue weighted by molar-refractivity contribution is 0.102. The highest BCUT2D eigenvalue weighted by molar-refractivity contribution is 7.10. The van der Waals surface area contributed by atoms with Gasteiger partial charge in [0, 0.05) is 47.9 Å². The number of carbonyl (C=O) groups excluding carboxylic acids is 1. The number of amides is 1. The van der Waals surface area contributed by atoms with Gasteiger partial charge in [-0.05, 0) is 12.1 Å². The second-order valence-electron chi connectivity index (χ2n) is 5.57. The Balaban J connectivity index is 1.53. The van der Waals surface area contributed by atoms with Crippen molar-refractivity contribution in [2.24, 2.45) is 0 Å². The van der Waals surface area contributed by atoms with Gasteiger partial charge < -0.3 is 10.1 Å². The number of benzene rings is 1. The van der Waals surface area contributed by atoms with Crippen molar-refractivity contribution in [3.63, 3.8) is 0 Å². The summed E-state index contributed by atoms with van der Waals surface area (Å²) in [5.41, 5.74) is 3.16. The molecule has 9 heteroatoms. The number of anilines is 1. The number of hydrogen-bond donors (Lipinski definition) is 3. The Morgan fingerprint density at radius 2 is 2.32 bits per heavy atom. The summed E-state index contributed by atoms with van der Waals surface area (Å²) in [4.78, 5) is 16.9. The molecule has 8 nitrogen and oxygen atoms in total. The lowest BCUT2D eigenvalue weighted by atomic mass is 10.1. The Bertz CT molecular complexity index is 919. The summed E-state index contributed by atoms with van der Waals surface area (Å²) in [6.45, 7) is 1.52. The van der Waals surface area contributed by atoms with Crippen LogP contribution in [-0.2, 0) is 13.0 Å². The van der Waals surface area contributed by atoms with Crippen LogP contribution in [0, 0.1) is 0 Å². The Morgan fingerprint density at radius 3 is 3.20 bits per heavy atom. The van der Waals surface area contributed by atoms with E-state index in [4.69, 9.17) is 4.74 Å². The molecule has 3 N–H and O–H groups in total. The second-order valence-corrected chi connectivity index (χ2v) is 6.32. The number of H-pyrrole nitrogens is 1. The third kappa shape index (κ3) is 3.11. The summed E-state index contributed by atoms with van der Waals surface area (Å²) in [6.07, 6.45) is 0.842. The van der Waals surface area contributed by atoms with Gasteiger partial charge in [-0.15, -0.1) is 0 Å². The molecular weight excluding hydrogens is 340 g/mol. The Labute approximate surface area is 147 Å². The number of aromatic nitrogens is 4. The van der Waals surface area contributed by atoms with Crippen LogP contribution in [-0.4, -0.2) is 39.1 Å². The Morgan fingerprint density at radius 1 is 1.40 bits per heavy atom. The minimum absolute atomic E-state index is 0.283. The summed E-state index contributed by atoms with van der Waals surface area (Å²) in [5.74, 6) is 0.994. The standard InChI is InChI=1S/C16H16N6O2S/c1-24-10-4-2-3-9(7-10)14-18-16(25-22-14)19-15(23)13-11-8-17-6-5-12(11)20-21-13/h2-4,7,17H,5-6,8H2,1H3,(H,20,21)(H,18,19,22,23). The van der Waals surface area contributed by atoms with E-state index >= 15 is 0 Å². The fourth-order valence-electron chi connectivity index (χ4n) is 2.72. The Kier molecular flexibility index (Phi) is 4.16. The van der Waals surface area contributed by atoms with Crippen LogP contribution < -0.4 is 15.4 Å². The first-order valence-electron chi connectivity index (χ1n) is 7.81. The first-order chi connectivity index (χ1) is 12.2. The summed E-state index contributed by atoms with van der Waals surface area (Å²) in [7, 11) is 1.61. The van der Waals surface area contributed by atoms with Crippen molar-refractivity contribution in [3.05, 3.63) is 41.2 Å². The molecule has 1 aromatic carbocycles. The zero-order valence-electron chi connectivity index (χ0n) is 13.5. The van der Waals surface area contributed by atoms with Gasteiger partial charge in [-0.3, -0.25) is 15.2 Å². The van der Waals surface area contributed by atoms with E-state index in [1.54, 1.807) is 7.11 Å². The van der Waals surface area contributed by atoms with E-state index < -0.39 is 0 Å². The lowest BCUT2D eigenvalue weighted by Gasteiger charge is -2.12. The number of methoxy groups -OCH3 is 1. The molecule has 3 heterocycles. The zero-order valence-corrected chi connectivity index (χ0v) is 14.3. The largest absolute Gasteiger partial charge is 0.497 e. The number of carbonyl (C=O) groups is 1. The average Bonchev–Trinajstić information content (AvgIpc) is 3.28. The maximum Gasteiger partial charge on any atom is 0.278 e. The molecule has 1 aliphatic heterocycles. The van der Waals surface area contributed by atoms with Crippen LogP contribution in [0.25, 0.3) is 11.4 Å². The molecular formula is C16H16N6O2S. The molecule has 25 heavy (non-hydrogen) atoms. The van der Waals surface area contributed by atoms with Gasteiger partial charge in [0.2, 0.25) is 5.13 Å². The molecule has 4 rings (SSSR count). The van der Waals surface area contributed by atoms with E-state index in [-0.39, 0.29) is 5.91 Å². The molecule has 2 aromatic heterocycles. The first-order valence-corrected chi connectivity index (χ1v) is 8.58. The number of hydrogen-bond acceptors (Lipinski definition) is 7. The van der Waals surface area contributed by atoms with Crippen LogP contribution >= 0.6 is 11.5 Å². The van der Waals surface area contributed by atoms with Crippen LogP contribution in [0.1, 0.15) is 21.7 Å². The molecule has 0 saturated carbocycles. The van der Waals surface area contributed by atoms with Gasteiger partial charge in [-0.1, -0.05) is 12.1 Å².